The van der Waals surface area contributed by atoms with Gasteiger partial charge in [-0.25, -0.2) is 0 Å². The molecule has 0 aromatic carbocycles. The predicted molar refractivity (Wildman–Crippen MR) is 75.8 cm³/mol. The molecule has 0 amide bonds. The molecule has 0 saturated carbocycles. The minimum Gasteiger partial charge on any atom is -0.466 e. The molecule has 0 saturated heterocycles. The van der Waals surface area contributed by atoms with Crippen LogP contribution in [-0.2, 0) is 14.3 Å². The number of hydrogen-bond acceptors (Lipinski definition) is 3. The van der Waals surface area contributed by atoms with E-state index < -0.39 is 0 Å². The zero-order chi connectivity index (χ0) is 14.1. The van der Waals surface area contributed by atoms with Crippen molar-refractivity contribution >= 4 is 12.3 Å². The molecule has 0 spiro atoms. The van der Waals surface area contributed by atoms with Gasteiger partial charge in [-0.3, -0.25) is 4.79 Å². The summed E-state index contributed by atoms with van der Waals surface area (Å²) in [4.78, 5) is 21.1. The summed E-state index contributed by atoms with van der Waals surface area (Å²) in [5, 5.41) is 0. The van der Waals surface area contributed by atoms with Crippen LogP contribution in [0.25, 0.3) is 0 Å². The third kappa shape index (κ3) is 6.04. The summed E-state index contributed by atoms with van der Waals surface area (Å²) in [6.45, 7) is 4.24. The minimum absolute atomic E-state index is 0.189. The van der Waals surface area contributed by atoms with E-state index in [-0.39, 0.29) is 5.97 Å². The van der Waals surface area contributed by atoms with Crippen LogP contribution in [0.5, 0.6) is 0 Å². The molecular weight excluding hydrogens is 240 g/mol. The highest BCUT2D eigenvalue weighted by molar-refractivity contribution is 5.65. The van der Waals surface area contributed by atoms with Gasteiger partial charge >= 0.3 is 5.97 Å². The summed E-state index contributed by atoms with van der Waals surface area (Å²) in [5.74, 6) is 0.459. The Balaban J connectivity index is 2.37. The van der Waals surface area contributed by atoms with Gasteiger partial charge < -0.3 is 9.53 Å². The van der Waals surface area contributed by atoms with Crippen molar-refractivity contribution in [1.29, 1.82) is 0 Å². The Bertz CT molecular complexity index is 331. The second-order valence-corrected chi connectivity index (χ2v) is 5.42. The summed E-state index contributed by atoms with van der Waals surface area (Å²) >= 11 is 0. The van der Waals surface area contributed by atoms with E-state index >= 15 is 0 Å². The van der Waals surface area contributed by atoms with Gasteiger partial charge in [-0.2, -0.15) is 0 Å². The van der Waals surface area contributed by atoms with E-state index in [2.05, 4.69) is 6.92 Å². The first kappa shape index (κ1) is 15.9. The maximum atomic E-state index is 10.7. The largest absolute Gasteiger partial charge is 0.466 e. The maximum Gasteiger partial charge on any atom is 0.302 e. The van der Waals surface area contributed by atoms with Gasteiger partial charge in [-0.05, 0) is 57.8 Å². The minimum atomic E-state index is -0.189. The zero-order valence-electron chi connectivity index (χ0n) is 12.2. The smallest absolute Gasteiger partial charge is 0.302 e. The average molecular weight is 266 g/mol. The van der Waals surface area contributed by atoms with Crippen LogP contribution in [0, 0.1) is 5.92 Å². The van der Waals surface area contributed by atoms with Crippen LogP contribution in [0.15, 0.2) is 11.1 Å². The Kier molecular flexibility index (Phi) is 7.46. The van der Waals surface area contributed by atoms with E-state index in [1.54, 1.807) is 5.57 Å². The lowest BCUT2D eigenvalue weighted by Crippen LogP contribution is -2.12. The summed E-state index contributed by atoms with van der Waals surface area (Å²) in [7, 11) is 0. The van der Waals surface area contributed by atoms with E-state index in [1.165, 1.54) is 31.8 Å². The van der Waals surface area contributed by atoms with E-state index in [9.17, 15) is 9.59 Å². The third-order valence-electron chi connectivity index (χ3n) is 4.00. The number of hydrogen-bond donors (Lipinski definition) is 0. The van der Waals surface area contributed by atoms with Crippen LogP contribution in [-0.4, -0.2) is 18.9 Å². The molecule has 1 rings (SSSR count). The maximum absolute atomic E-state index is 10.7. The molecule has 0 aliphatic heterocycles. The molecule has 19 heavy (non-hydrogen) atoms. The number of ether oxygens (including phenoxy) is 1. The van der Waals surface area contributed by atoms with Crippen molar-refractivity contribution in [2.45, 2.75) is 65.2 Å². The molecule has 0 heterocycles. The number of carbonyl (C=O) groups is 2. The van der Waals surface area contributed by atoms with Crippen LogP contribution >= 0.6 is 0 Å². The fourth-order valence-electron chi connectivity index (χ4n) is 2.89. The number of unbranched alkanes of at least 4 members (excludes halogenated alkanes) is 1. The van der Waals surface area contributed by atoms with E-state index in [4.69, 9.17) is 4.74 Å². The van der Waals surface area contributed by atoms with Crippen molar-refractivity contribution in [3.8, 4) is 0 Å². The van der Waals surface area contributed by atoms with Crippen LogP contribution in [0.3, 0.4) is 0 Å². The molecule has 0 aromatic rings. The average Bonchev–Trinajstić information content (AvgIpc) is 2.38. The normalized spacial score (nSPS) is 19.4. The topological polar surface area (TPSA) is 43.4 Å². The van der Waals surface area contributed by atoms with Crippen LogP contribution in [0.4, 0.5) is 0 Å². The summed E-state index contributed by atoms with van der Waals surface area (Å²) < 4.78 is 4.98. The Hall–Kier alpha value is -1.12. The van der Waals surface area contributed by atoms with Gasteiger partial charge in [0.05, 0.1) is 6.61 Å². The number of aldehydes is 1. The van der Waals surface area contributed by atoms with E-state index in [1.807, 2.05) is 0 Å². The highest BCUT2D eigenvalue weighted by atomic mass is 16.5. The monoisotopic (exact) mass is 266 g/mol. The Morgan fingerprint density at radius 1 is 1.42 bits per heavy atom. The fraction of sp³-hybridized carbons (Fsp3) is 0.750. The van der Waals surface area contributed by atoms with Crippen LogP contribution < -0.4 is 0 Å². The second-order valence-electron chi connectivity index (χ2n) is 5.42. The summed E-state index contributed by atoms with van der Waals surface area (Å²) in [5.41, 5.74) is 3.09. The second kappa shape index (κ2) is 8.89. The van der Waals surface area contributed by atoms with Gasteiger partial charge in [0.2, 0.25) is 0 Å². The Morgan fingerprint density at radius 2 is 2.21 bits per heavy atom. The summed E-state index contributed by atoms with van der Waals surface area (Å²) in [6.07, 6.45) is 9.50. The molecule has 3 heteroatoms. The number of carbonyl (C=O) groups excluding carboxylic acids is 2. The quantitative estimate of drug-likeness (QED) is 0.290. The van der Waals surface area contributed by atoms with Crippen LogP contribution in [0.2, 0.25) is 0 Å². The van der Waals surface area contributed by atoms with Crippen molar-refractivity contribution < 1.29 is 14.3 Å². The third-order valence-corrected chi connectivity index (χ3v) is 4.00. The molecule has 1 atom stereocenters. The molecule has 0 aromatic heterocycles. The lowest BCUT2D eigenvalue weighted by molar-refractivity contribution is -0.141. The Labute approximate surface area is 116 Å². The van der Waals surface area contributed by atoms with Crippen molar-refractivity contribution in [3.63, 3.8) is 0 Å². The molecule has 0 N–H and O–H groups in total. The molecule has 108 valence electrons. The number of rotatable bonds is 8. The van der Waals surface area contributed by atoms with Crippen molar-refractivity contribution in [2.75, 3.05) is 6.61 Å². The molecule has 0 radical (unpaired) electrons. The highest BCUT2D eigenvalue weighted by Crippen LogP contribution is 2.34. The molecule has 3 nitrogen and oxygen atoms in total. The zero-order valence-corrected chi connectivity index (χ0v) is 12.2. The van der Waals surface area contributed by atoms with Gasteiger partial charge in [-0.15, -0.1) is 0 Å². The van der Waals surface area contributed by atoms with Crippen molar-refractivity contribution in [3.05, 3.63) is 11.1 Å². The number of allylic oxidation sites excluding steroid dienone is 2. The van der Waals surface area contributed by atoms with Crippen LogP contribution in [0.1, 0.15) is 65.2 Å². The number of esters is 1. The molecule has 1 unspecified atom stereocenters. The SMILES string of the molecule is CC(=O)OCCCC1CCCC(CCCC=O)=C1C. The van der Waals surface area contributed by atoms with E-state index in [0.717, 1.165) is 32.0 Å². The standard InChI is InChI=1S/C16H26O3/c1-13-15(7-3-4-11-17)8-5-9-16(13)10-6-12-19-14(2)18/h11,16H,3-10,12H2,1-2H3. The first-order chi connectivity index (χ1) is 9.15. The Morgan fingerprint density at radius 3 is 2.89 bits per heavy atom. The van der Waals surface area contributed by atoms with Gasteiger partial charge in [0, 0.05) is 13.3 Å². The fourth-order valence-corrected chi connectivity index (χ4v) is 2.89. The molecule has 0 bridgehead atoms. The lowest BCUT2D eigenvalue weighted by atomic mass is 9.79. The highest BCUT2D eigenvalue weighted by Gasteiger charge is 2.19. The van der Waals surface area contributed by atoms with Gasteiger partial charge in [-0.1, -0.05) is 11.1 Å². The van der Waals surface area contributed by atoms with Gasteiger partial charge in [0.15, 0.2) is 0 Å². The molecule has 1 aliphatic rings. The first-order valence-corrected chi connectivity index (χ1v) is 7.40. The van der Waals surface area contributed by atoms with Crippen molar-refractivity contribution in [2.24, 2.45) is 5.92 Å². The first-order valence-electron chi connectivity index (χ1n) is 7.40. The molecule has 0 fully saturated rings. The van der Waals surface area contributed by atoms with Gasteiger partial charge in [0.1, 0.15) is 6.29 Å². The molecule has 1 aliphatic carbocycles. The lowest BCUT2D eigenvalue weighted by Gasteiger charge is -2.27. The summed E-state index contributed by atoms with van der Waals surface area (Å²) in [6, 6.07) is 0. The molecular formula is C16H26O3. The van der Waals surface area contributed by atoms with Gasteiger partial charge in [0.25, 0.3) is 0 Å². The van der Waals surface area contributed by atoms with E-state index in [0.29, 0.717) is 18.9 Å². The van der Waals surface area contributed by atoms with Crippen molar-refractivity contribution in [1.82, 2.24) is 0 Å². The predicted octanol–water partition coefficient (Wildman–Crippen LogP) is 3.82.